The Balaban J connectivity index is 1.73. The minimum absolute atomic E-state index is 0.0247. The topological polar surface area (TPSA) is 57.5 Å². The predicted octanol–water partition coefficient (Wildman–Crippen LogP) is 7.05. The molecule has 0 radical (unpaired) electrons. The second kappa shape index (κ2) is 9.55. The highest BCUT2D eigenvalue weighted by atomic mass is 35.5. The van der Waals surface area contributed by atoms with Gasteiger partial charge in [0.2, 0.25) is 5.43 Å². The van der Waals surface area contributed by atoms with Gasteiger partial charge in [0.15, 0.2) is 0 Å². The lowest BCUT2D eigenvalue weighted by atomic mass is 9.87. The van der Waals surface area contributed by atoms with Crippen LogP contribution in [0.2, 0.25) is 5.02 Å². The van der Waals surface area contributed by atoms with Gasteiger partial charge in [-0.05, 0) is 66.4 Å². The monoisotopic (exact) mass is 493 g/mol. The van der Waals surface area contributed by atoms with Gasteiger partial charge in [-0.1, -0.05) is 44.5 Å². The van der Waals surface area contributed by atoms with Crippen molar-refractivity contribution in [1.82, 2.24) is 4.57 Å². The largest absolute Gasteiger partial charge is 0.462 e. The molecule has 0 fully saturated rings. The van der Waals surface area contributed by atoms with E-state index in [1.54, 1.807) is 35.8 Å². The number of nitrogens with zero attached hydrogens (tertiary/aromatic N) is 1. The molecule has 3 aromatic carbocycles. The van der Waals surface area contributed by atoms with Crippen LogP contribution in [0.15, 0.2) is 71.7 Å². The van der Waals surface area contributed by atoms with Crippen LogP contribution in [-0.2, 0) is 10.2 Å². The van der Waals surface area contributed by atoms with Crippen LogP contribution in [0.25, 0.3) is 16.6 Å². The molecular weight excluding hydrogens is 469 g/mol. The van der Waals surface area contributed by atoms with Crippen LogP contribution in [0.5, 0.6) is 11.5 Å². The molecule has 0 aliphatic carbocycles. The number of esters is 1. The highest BCUT2D eigenvalue weighted by molar-refractivity contribution is 6.31. The number of hydrogen-bond donors (Lipinski definition) is 0. The van der Waals surface area contributed by atoms with E-state index in [1.165, 1.54) is 17.8 Å². The third kappa shape index (κ3) is 5.08. The zero-order valence-electron chi connectivity index (χ0n) is 19.9. The fraction of sp³-hybridized carbons (Fsp3) is 0.214. The summed E-state index contributed by atoms with van der Waals surface area (Å²) in [7, 11) is 0. The standard InChI is InChI=1S/C28H25ClFNO4/c1-5-34-27(33)22-16-31(25-15-23(29)24(30)14-21(25)26(22)32)18-8-12-20(13-9-18)35-19-10-6-17(7-11-19)28(2,3)4/h6-16H,5H2,1-4H3. The first-order valence-corrected chi connectivity index (χ1v) is 11.6. The molecule has 7 heteroatoms. The Morgan fingerprint density at radius 2 is 1.60 bits per heavy atom. The van der Waals surface area contributed by atoms with Crippen LogP contribution in [-0.4, -0.2) is 17.1 Å². The van der Waals surface area contributed by atoms with Crippen LogP contribution >= 0.6 is 11.6 Å². The van der Waals surface area contributed by atoms with Gasteiger partial charge in [0.1, 0.15) is 22.9 Å². The fourth-order valence-corrected chi connectivity index (χ4v) is 3.88. The maximum absolute atomic E-state index is 14.2. The molecule has 0 saturated carbocycles. The highest BCUT2D eigenvalue weighted by Gasteiger charge is 2.19. The summed E-state index contributed by atoms with van der Waals surface area (Å²) in [4.78, 5) is 25.3. The SMILES string of the molecule is CCOC(=O)c1cn(-c2ccc(Oc3ccc(C(C)(C)C)cc3)cc2)c2cc(Cl)c(F)cc2c1=O. The van der Waals surface area contributed by atoms with Crippen molar-refractivity contribution < 1.29 is 18.7 Å². The summed E-state index contributed by atoms with van der Waals surface area (Å²) in [6.45, 7) is 8.20. The molecular formula is C28H25ClFNO4. The van der Waals surface area contributed by atoms with Gasteiger partial charge in [-0.3, -0.25) is 4.79 Å². The Bertz CT molecular complexity index is 1450. The van der Waals surface area contributed by atoms with Gasteiger partial charge in [0.25, 0.3) is 0 Å². The molecule has 5 nitrogen and oxygen atoms in total. The molecule has 1 heterocycles. The summed E-state index contributed by atoms with van der Waals surface area (Å²) in [5.74, 6) is -0.212. The van der Waals surface area contributed by atoms with E-state index in [-0.39, 0.29) is 28.0 Å². The number of carbonyl (C=O) groups excluding carboxylic acids is 1. The van der Waals surface area contributed by atoms with E-state index in [9.17, 15) is 14.0 Å². The lowest BCUT2D eigenvalue weighted by Gasteiger charge is -2.19. The van der Waals surface area contributed by atoms with Crippen molar-refractivity contribution in [2.75, 3.05) is 6.61 Å². The smallest absolute Gasteiger partial charge is 0.343 e. The van der Waals surface area contributed by atoms with Crippen molar-refractivity contribution in [3.05, 3.63) is 99.1 Å². The molecule has 0 bridgehead atoms. The average molecular weight is 494 g/mol. The van der Waals surface area contributed by atoms with Crippen molar-refractivity contribution in [1.29, 1.82) is 0 Å². The van der Waals surface area contributed by atoms with E-state index in [4.69, 9.17) is 21.1 Å². The number of halogens is 2. The lowest BCUT2D eigenvalue weighted by Crippen LogP contribution is -2.20. The molecule has 4 aromatic rings. The third-order valence-electron chi connectivity index (χ3n) is 5.61. The normalized spacial score (nSPS) is 11.5. The average Bonchev–Trinajstić information content (AvgIpc) is 2.81. The van der Waals surface area contributed by atoms with E-state index < -0.39 is 17.2 Å². The van der Waals surface area contributed by atoms with Crippen molar-refractivity contribution in [3.8, 4) is 17.2 Å². The first kappa shape index (κ1) is 24.5. The molecule has 35 heavy (non-hydrogen) atoms. The first-order chi connectivity index (χ1) is 16.6. The Hall–Kier alpha value is -3.64. The molecule has 0 N–H and O–H groups in total. The second-order valence-electron chi connectivity index (χ2n) is 9.12. The number of hydrogen-bond acceptors (Lipinski definition) is 4. The zero-order chi connectivity index (χ0) is 25.3. The summed E-state index contributed by atoms with van der Waals surface area (Å²) in [5.41, 5.74) is 1.43. The summed E-state index contributed by atoms with van der Waals surface area (Å²) < 4.78 is 26.8. The maximum Gasteiger partial charge on any atom is 0.343 e. The van der Waals surface area contributed by atoms with Crippen LogP contribution in [0.4, 0.5) is 4.39 Å². The first-order valence-electron chi connectivity index (χ1n) is 11.2. The molecule has 0 amide bonds. The number of pyridine rings is 1. The number of ether oxygens (including phenoxy) is 2. The number of fused-ring (bicyclic) bond motifs is 1. The molecule has 0 unspecified atom stereocenters. The Morgan fingerprint density at radius 1 is 1.00 bits per heavy atom. The maximum atomic E-state index is 14.2. The van der Waals surface area contributed by atoms with Crippen molar-refractivity contribution in [2.24, 2.45) is 0 Å². The van der Waals surface area contributed by atoms with E-state index in [0.717, 1.165) is 6.07 Å². The van der Waals surface area contributed by atoms with Gasteiger partial charge in [-0.25, -0.2) is 9.18 Å². The highest BCUT2D eigenvalue weighted by Crippen LogP contribution is 2.29. The summed E-state index contributed by atoms with van der Waals surface area (Å²) in [6, 6.07) is 17.4. The van der Waals surface area contributed by atoms with Crippen LogP contribution in [0.3, 0.4) is 0 Å². The molecule has 1 aromatic heterocycles. The molecule has 0 aliphatic rings. The van der Waals surface area contributed by atoms with E-state index in [0.29, 0.717) is 22.7 Å². The summed E-state index contributed by atoms with van der Waals surface area (Å²) >= 11 is 6.00. The van der Waals surface area contributed by atoms with Gasteiger partial charge < -0.3 is 14.0 Å². The van der Waals surface area contributed by atoms with E-state index in [1.807, 2.05) is 24.3 Å². The quantitative estimate of drug-likeness (QED) is 0.279. The molecule has 0 aliphatic heterocycles. The molecule has 4 rings (SSSR count). The molecule has 0 saturated heterocycles. The molecule has 0 atom stereocenters. The van der Waals surface area contributed by atoms with Gasteiger partial charge in [0, 0.05) is 17.3 Å². The molecule has 180 valence electrons. The van der Waals surface area contributed by atoms with Crippen molar-refractivity contribution in [2.45, 2.75) is 33.1 Å². The second-order valence-corrected chi connectivity index (χ2v) is 9.52. The van der Waals surface area contributed by atoms with Crippen LogP contribution < -0.4 is 10.2 Å². The summed E-state index contributed by atoms with van der Waals surface area (Å²) in [6.07, 6.45) is 1.39. The third-order valence-corrected chi connectivity index (χ3v) is 5.90. The van der Waals surface area contributed by atoms with Gasteiger partial charge in [-0.2, -0.15) is 0 Å². The minimum atomic E-state index is -0.776. The Labute approximate surface area is 207 Å². The summed E-state index contributed by atoms with van der Waals surface area (Å²) in [5, 5.41) is -0.107. The number of rotatable bonds is 5. The fourth-order valence-electron chi connectivity index (χ4n) is 3.72. The number of carbonyl (C=O) groups is 1. The minimum Gasteiger partial charge on any atom is -0.462 e. The van der Waals surface area contributed by atoms with Crippen LogP contribution in [0, 0.1) is 5.82 Å². The Morgan fingerprint density at radius 3 is 2.17 bits per heavy atom. The number of benzene rings is 3. The van der Waals surface area contributed by atoms with Gasteiger partial charge in [-0.15, -0.1) is 0 Å². The van der Waals surface area contributed by atoms with Crippen LogP contribution in [0.1, 0.15) is 43.6 Å². The van der Waals surface area contributed by atoms with Gasteiger partial charge >= 0.3 is 5.97 Å². The molecule has 0 spiro atoms. The predicted molar refractivity (Wildman–Crippen MR) is 136 cm³/mol. The van der Waals surface area contributed by atoms with Crippen molar-refractivity contribution in [3.63, 3.8) is 0 Å². The van der Waals surface area contributed by atoms with E-state index >= 15 is 0 Å². The van der Waals surface area contributed by atoms with Crippen molar-refractivity contribution >= 4 is 28.5 Å². The zero-order valence-corrected chi connectivity index (χ0v) is 20.7. The van der Waals surface area contributed by atoms with Gasteiger partial charge in [0.05, 0.1) is 17.1 Å². The number of aromatic nitrogens is 1. The van der Waals surface area contributed by atoms with E-state index in [2.05, 4.69) is 20.8 Å². The lowest BCUT2D eigenvalue weighted by molar-refractivity contribution is 0.0524. The Kier molecular flexibility index (Phi) is 6.68.